The molecule has 2 bridgehead atoms. The molecule has 0 aliphatic heterocycles. The Labute approximate surface area is 120 Å². The number of unbranched alkanes of at least 4 members (excludes halogenated alkanes) is 1. The Morgan fingerprint density at radius 3 is 2.32 bits per heavy atom. The second-order valence-electron chi connectivity index (χ2n) is 7.96. The summed E-state index contributed by atoms with van der Waals surface area (Å²) in [4.78, 5) is 0. The molecule has 2 fully saturated rings. The molecule has 0 radical (unpaired) electrons. The molecule has 0 saturated heterocycles. The molecule has 4 atom stereocenters. The maximum absolute atomic E-state index is 4.08. The minimum absolute atomic E-state index is 0.538. The van der Waals surface area contributed by atoms with Crippen LogP contribution in [0.3, 0.4) is 0 Å². The van der Waals surface area contributed by atoms with Crippen molar-refractivity contribution in [2.75, 3.05) is 0 Å². The molecule has 1 N–H and O–H groups in total. The molecule has 0 aromatic carbocycles. The van der Waals surface area contributed by atoms with Crippen molar-refractivity contribution in [2.24, 2.45) is 16.7 Å². The van der Waals surface area contributed by atoms with Crippen LogP contribution in [0.4, 0.5) is 0 Å². The highest BCUT2D eigenvalue weighted by atomic mass is 15.0. The van der Waals surface area contributed by atoms with Gasteiger partial charge in [-0.1, -0.05) is 53.9 Å². The molecule has 2 rings (SSSR count). The average molecular weight is 265 g/mol. The van der Waals surface area contributed by atoms with Crippen molar-refractivity contribution >= 4 is 0 Å². The summed E-state index contributed by atoms with van der Waals surface area (Å²) in [6, 6.07) is 1.54. The highest BCUT2D eigenvalue weighted by molar-refractivity contribution is 5.13. The maximum Gasteiger partial charge on any atom is 0.0131 e. The molecule has 0 amide bonds. The Balaban J connectivity index is 1.99. The minimum Gasteiger partial charge on any atom is -0.311 e. The number of nitrogens with one attached hydrogen (secondary N) is 1. The van der Waals surface area contributed by atoms with Crippen LogP contribution < -0.4 is 5.32 Å². The lowest BCUT2D eigenvalue weighted by Crippen LogP contribution is -2.48. The van der Waals surface area contributed by atoms with Gasteiger partial charge in [0.25, 0.3) is 0 Å². The van der Waals surface area contributed by atoms with Crippen molar-refractivity contribution in [1.29, 1.82) is 0 Å². The van der Waals surface area contributed by atoms with Gasteiger partial charge < -0.3 is 5.32 Å². The first-order valence-corrected chi connectivity index (χ1v) is 8.71. The van der Waals surface area contributed by atoms with Crippen LogP contribution in [0.25, 0.3) is 0 Å². The highest BCUT2D eigenvalue weighted by Gasteiger charge is 2.61. The predicted octanol–water partition coefficient (Wildman–Crippen LogP) is 5.15. The highest BCUT2D eigenvalue weighted by Crippen LogP contribution is 2.65. The van der Waals surface area contributed by atoms with Crippen LogP contribution in [0.1, 0.15) is 86.0 Å². The first-order valence-electron chi connectivity index (χ1n) is 8.71. The summed E-state index contributed by atoms with van der Waals surface area (Å²) >= 11 is 0. The first-order chi connectivity index (χ1) is 8.95. The lowest BCUT2D eigenvalue weighted by Gasteiger charge is -2.41. The van der Waals surface area contributed by atoms with Gasteiger partial charge in [0.15, 0.2) is 0 Å². The summed E-state index contributed by atoms with van der Waals surface area (Å²) < 4.78 is 0. The molecular formula is C18H35N. The normalized spacial score (nSPS) is 37.7. The van der Waals surface area contributed by atoms with E-state index in [4.69, 9.17) is 0 Å². The first kappa shape index (κ1) is 15.4. The third kappa shape index (κ3) is 2.60. The van der Waals surface area contributed by atoms with Crippen LogP contribution in [0, 0.1) is 16.7 Å². The molecule has 1 heteroatoms. The third-order valence-corrected chi connectivity index (χ3v) is 6.77. The Bertz CT molecular complexity index is 296. The van der Waals surface area contributed by atoms with Gasteiger partial charge in [0.05, 0.1) is 0 Å². The fourth-order valence-electron chi connectivity index (χ4n) is 4.85. The molecule has 0 aromatic rings. The molecule has 4 unspecified atom stereocenters. The molecule has 19 heavy (non-hydrogen) atoms. The van der Waals surface area contributed by atoms with Gasteiger partial charge in [0.1, 0.15) is 0 Å². The molecule has 2 aliphatic carbocycles. The van der Waals surface area contributed by atoms with E-state index in [2.05, 4.69) is 39.9 Å². The van der Waals surface area contributed by atoms with E-state index in [1.165, 1.54) is 51.4 Å². The fourth-order valence-corrected chi connectivity index (χ4v) is 4.85. The van der Waals surface area contributed by atoms with Gasteiger partial charge in [0, 0.05) is 12.1 Å². The van der Waals surface area contributed by atoms with Crippen LogP contribution >= 0.6 is 0 Å². The number of fused-ring (bicyclic) bond motifs is 2. The summed E-state index contributed by atoms with van der Waals surface area (Å²) in [5.74, 6) is 0.962. The van der Waals surface area contributed by atoms with Gasteiger partial charge >= 0.3 is 0 Å². The van der Waals surface area contributed by atoms with E-state index in [1.807, 2.05) is 0 Å². The number of rotatable bonds is 7. The quantitative estimate of drug-likeness (QED) is 0.671. The summed E-state index contributed by atoms with van der Waals surface area (Å²) in [5.41, 5.74) is 1.09. The SMILES string of the molecule is CCCCC(CCC)NC1CC2CCC1(C)C2(C)C. The largest absolute Gasteiger partial charge is 0.311 e. The summed E-state index contributed by atoms with van der Waals surface area (Å²) in [5, 5.41) is 4.08. The van der Waals surface area contributed by atoms with E-state index in [0.717, 1.165) is 18.0 Å². The Morgan fingerprint density at radius 1 is 1.11 bits per heavy atom. The Morgan fingerprint density at radius 2 is 1.84 bits per heavy atom. The molecular weight excluding hydrogens is 230 g/mol. The Hall–Kier alpha value is -0.0400. The second kappa shape index (κ2) is 5.76. The van der Waals surface area contributed by atoms with Crippen molar-refractivity contribution in [1.82, 2.24) is 5.32 Å². The molecule has 1 nitrogen and oxygen atoms in total. The van der Waals surface area contributed by atoms with Crippen molar-refractivity contribution < 1.29 is 0 Å². The maximum atomic E-state index is 4.08. The van der Waals surface area contributed by atoms with Crippen LogP contribution in [-0.2, 0) is 0 Å². The van der Waals surface area contributed by atoms with E-state index < -0.39 is 0 Å². The van der Waals surface area contributed by atoms with E-state index in [1.54, 1.807) is 0 Å². The summed E-state index contributed by atoms with van der Waals surface area (Å²) in [6.07, 6.45) is 11.1. The minimum atomic E-state index is 0.538. The third-order valence-electron chi connectivity index (χ3n) is 6.77. The topological polar surface area (TPSA) is 12.0 Å². The van der Waals surface area contributed by atoms with Crippen molar-refractivity contribution in [2.45, 2.75) is 98.1 Å². The van der Waals surface area contributed by atoms with Gasteiger partial charge in [-0.3, -0.25) is 0 Å². The van der Waals surface area contributed by atoms with Gasteiger partial charge in [0.2, 0.25) is 0 Å². The van der Waals surface area contributed by atoms with Gasteiger partial charge in [-0.2, -0.15) is 0 Å². The summed E-state index contributed by atoms with van der Waals surface area (Å²) in [6.45, 7) is 12.2. The molecule has 0 heterocycles. The van der Waals surface area contributed by atoms with E-state index in [-0.39, 0.29) is 0 Å². The zero-order valence-electron chi connectivity index (χ0n) is 13.9. The predicted molar refractivity (Wildman–Crippen MR) is 84.4 cm³/mol. The van der Waals surface area contributed by atoms with Gasteiger partial charge in [-0.15, -0.1) is 0 Å². The van der Waals surface area contributed by atoms with E-state index >= 15 is 0 Å². The lowest BCUT2D eigenvalue weighted by molar-refractivity contribution is 0.113. The van der Waals surface area contributed by atoms with Gasteiger partial charge in [-0.05, 0) is 48.9 Å². The lowest BCUT2D eigenvalue weighted by atomic mass is 9.69. The van der Waals surface area contributed by atoms with Crippen LogP contribution in [0.5, 0.6) is 0 Å². The zero-order valence-corrected chi connectivity index (χ0v) is 13.9. The average Bonchev–Trinajstić information content (AvgIpc) is 2.69. The van der Waals surface area contributed by atoms with E-state index in [9.17, 15) is 0 Å². The zero-order chi connectivity index (χ0) is 14.1. The molecule has 0 aromatic heterocycles. The molecule has 2 saturated carbocycles. The molecule has 2 aliphatic rings. The monoisotopic (exact) mass is 265 g/mol. The second-order valence-corrected chi connectivity index (χ2v) is 7.96. The van der Waals surface area contributed by atoms with Crippen LogP contribution in [0.15, 0.2) is 0 Å². The Kier molecular flexibility index (Phi) is 4.65. The van der Waals surface area contributed by atoms with Crippen LogP contribution in [-0.4, -0.2) is 12.1 Å². The number of hydrogen-bond donors (Lipinski definition) is 1. The van der Waals surface area contributed by atoms with Crippen molar-refractivity contribution in [3.8, 4) is 0 Å². The van der Waals surface area contributed by atoms with E-state index in [0.29, 0.717) is 10.8 Å². The number of hydrogen-bond acceptors (Lipinski definition) is 1. The fraction of sp³-hybridized carbons (Fsp3) is 1.00. The molecule has 0 spiro atoms. The molecule has 112 valence electrons. The van der Waals surface area contributed by atoms with Crippen LogP contribution in [0.2, 0.25) is 0 Å². The van der Waals surface area contributed by atoms with Gasteiger partial charge in [-0.25, -0.2) is 0 Å². The summed E-state index contributed by atoms with van der Waals surface area (Å²) in [7, 11) is 0. The standard InChI is InChI=1S/C18H35N/c1-6-8-10-15(9-7-2)19-16-13-14-11-12-18(16,5)17(14,3)4/h14-16,19H,6-13H2,1-5H3. The van der Waals surface area contributed by atoms with Crippen molar-refractivity contribution in [3.63, 3.8) is 0 Å². The van der Waals surface area contributed by atoms with Crippen molar-refractivity contribution in [3.05, 3.63) is 0 Å². The smallest absolute Gasteiger partial charge is 0.0131 e.